The van der Waals surface area contributed by atoms with Gasteiger partial charge in [-0.3, -0.25) is 0 Å². The van der Waals surface area contributed by atoms with Crippen LogP contribution in [0.4, 0.5) is 5.95 Å². The quantitative estimate of drug-likeness (QED) is 0.903. The molecule has 0 aliphatic carbocycles. The van der Waals surface area contributed by atoms with Crippen molar-refractivity contribution in [3.8, 4) is 0 Å². The highest BCUT2D eigenvalue weighted by molar-refractivity contribution is 5.77. The first kappa shape index (κ1) is 11.5. The maximum absolute atomic E-state index is 5.73. The highest BCUT2D eigenvalue weighted by atomic mass is 16.5. The van der Waals surface area contributed by atoms with Gasteiger partial charge in [0.2, 0.25) is 5.95 Å². The smallest absolute Gasteiger partial charge is 0.203 e. The number of benzene rings is 1. The van der Waals surface area contributed by atoms with Crippen molar-refractivity contribution in [1.29, 1.82) is 0 Å². The molecular formula is C14H19N3O. The number of rotatable bonds is 3. The van der Waals surface area contributed by atoms with Gasteiger partial charge in [-0.15, -0.1) is 0 Å². The van der Waals surface area contributed by atoms with Gasteiger partial charge in [0.25, 0.3) is 0 Å². The highest BCUT2D eigenvalue weighted by Gasteiger charge is 2.22. The van der Waals surface area contributed by atoms with Crippen molar-refractivity contribution in [3.63, 3.8) is 0 Å². The summed E-state index contributed by atoms with van der Waals surface area (Å²) in [5.41, 5.74) is 2.14. The summed E-state index contributed by atoms with van der Waals surface area (Å²) in [7, 11) is 0. The maximum atomic E-state index is 5.73. The molecule has 4 heteroatoms. The summed E-state index contributed by atoms with van der Waals surface area (Å²) in [6.07, 6.45) is 2.67. The van der Waals surface area contributed by atoms with Crippen molar-refractivity contribution in [3.05, 3.63) is 24.3 Å². The number of para-hydroxylation sites is 2. The fourth-order valence-electron chi connectivity index (χ4n) is 2.59. The Balaban J connectivity index is 1.80. The summed E-state index contributed by atoms with van der Waals surface area (Å²) in [4.78, 5) is 10.3. The Hall–Kier alpha value is -1.55. The standard InChI is InChI=1S/C14H19N3O/c1-2-18-11-6-5-9-17(10-11)14-15-12-7-3-4-8-13(12)16-14/h3-4,7-8,11H,2,5-6,9-10H2,1H3,(H,15,16). The van der Waals surface area contributed by atoms with E-state index in [4.69, 9.17) is 4.74 Å². The molecule has 18 heavy (non-hydrogen) atoms. The topological polar surface area (TPSA) is 41.1 Å². The van der Waals surface area contributed by atoms with Gasteiger partial charge in [-0.2, -0.15) is 0 Å². The van der Waals surface area contributed by atoms with Crippen LogP contribution in [0.1, 0.15) is 19.8 Å². The molecule has 4 nitrogen and oxygen atoms in total. The lowest BCUT2D eigenvalue weighted by molar-refractivity contribution is 0.0524. The lowest BCUT2D eigenvalue weighted by atomic mass is 10.1. The molecule has 1 aliphatic rings. The Bertz CT molecular complexity index is 487. The molecule has 1 aromatic carbocycles. The van der Waals surface area contributed by atoms with Crippen molar-refractivity contribution < 1.29 is 4.74 Å². The van der Waals surface area contributed by atoms with Crippen LogP contribution in [0, 0.1) is 0 Å². The van der Waals surface area contributed by atoms with Crippen LogP contribution in [0.25, 0.3) is 11.0 Å². The van der Waals surface area contributed by atoms with Crippen LogP contribution in [-0.2, 0) is 4.74 Å². The van der Waals surface area contributed by atoms with Gasteiger partial charge in [0.15, 0.2) is 0 Å². The number of H-pyrrole nitrogens is 1. The third-order valence-corrected chi connectivity index (χ3v) is 3.46. The van der Waals surface area contributed by atoms with Crippen LogP contribution in [-0.4, -0.2) is 35.8 Å². The predicted molar refractivity (Wildman–Crippen MR) is 73.0 cm³/mol. The van der Waals surface area contributed by atoms with E-state index in [1.165, 1.54) is 6.42 Å². The normalized spacial score (nSPS) is 20.5. The van der Waals surface area contributed by atoms with E-state index in [0.717, 1.165) is 43.1 Å². The number of hydrogen-bond donors (Lipinski definition) is 1. The summed E-state index contributed by atoms with van der Waals surface area (Å²) in [6.45, 7) is 4.84. The molecule has 0 bridgehead atoms. The molecule has 2 aromatic rings. The van der Waals surface area contributed by atoms with E-state index in [9.17, 15) is 0 Å². The van der Waals surface area contributed by atoms with Gasteiger partial charge in [0, 0.05) is 19.7 Å². The number of piperidine rings is 1. The summed E-state index contributed by atoms with van der Waals surface area (Å²) < 4.78 is 5.73. The Morgan fingerprint density at radius 1 is 1.44 bits per heavy atom. The van der Waals surface area contributed by atoms with Crippen molar-refractivity contribution in [2.24, 2.45) is 0 Å². The number of nitrogens with one attached hydrogen (secondary N) is 1. The number of hydrogen-bond acceptors (Lipinski definition) is 3. The van der Waals surface area contributed by atoms with Crippen molar-refractivity contribution in [2.45, 2.75) is 25.9 Å². The highest BCUT2D eigenvalue weighted by Crippen LogP contribution is 2.21. The average Bonchev–Trinajstić information content (AvgIpc) is 2.83. The summed E-state index contributed by atoms with van der Waals surface area (Å²) >= 11 is 0. The molecule has 2 heterocycles. The van der Waals surface area contributed by atoms with Crippen LogP contribution in [0.15, 0.2) is 24.3 Å². The molecule has 1 aromatic heterocycles. The zero-order chi connectivity index (χ0) is 12.4. The van der Waals surface area contributed by atoms with Gasteiger partial charge in [0.05, 0.1) is 17.1 Å². The molecule has 1 saturated heterocycles. The van der Waals surface area contributed by atoms with E-state index >= 15 is 0 Å². The van der Waals surface area contributed by atoms with Crippen LogP contribution < -0.4 is 4.90 Å². The minimum atomic E-state index is 0.344. The van der Waals surface area contributed by atoms with E-state index in [0.29, 0.717) is 6.10 Å². The van der Waals surface area contributed by atoms with Crippen LogP contribution in [0.5, 0.6) is 0 Å². The second kappa shape index (κ2) is 4.98. The van der Waals surface area contributed by atoms with E-state index < -0.39 is 0 Å². The third kappa shape index (κ3) is 2.20. The molecule has 1 fully saturated rings. The van der Waals surface area contributed by atoms with Crippen molar-refractivity contribution in [1.82, 2.24) is 9.97 Å². The van der Waals surface area contributed by atoms with Crippen molar-refractivity contribution >= 4 is 17.0 Å². The number of ether oxygens (including phenoxy) is 1. The molecule has 0 saturated carbocycles. The summed E-state index contributed by atoms with van der Waals surface area (Å²) in [5.74, 6) is 0.973. The second-order valence-electron chi connectivity index (χ2n) is 4.74. The number of aromatic amines is 1. The minimum Gasteiger partial charge on any atom is -0.377 e. The van der Waals surface area contributed by atoms with Gasteiger partial charge in [-0.1, -0.05) is 12.1 Å². The van der Waals surface area contributed by atoms with Gasteiger partial charge in [0.1, 0.15) is 0 Å². The number of imidazole rings is 1. The lowest BCUT2D eigenvalue weighted by Crippen LogP contribution is -2.40. The van der Waals surface area contributed by atoms with Gasteiger partial charge >= 0.3 is 0 Å². The van der Waals surface area contributed by atoms with Gasteiger partial charge < -0.3 is 14.6 Å². The molecule has 0 spiro atoms. The second-order valence-corrected chi connectivity index (χ2v) is 4.74. The van der Waals surface area contributed by atoms with Crippen molar-refractivity contribution in [2.75, 3.05) is 24.6 Å². The molecule has 1 aliphatic heterocycles. The molecule has 0 amide bonds. The average molecular weight is 245 g/mol. The Kier molecular flexibility index (Phi) is 3.19. The number of anilines is 1. The van der Waals surface area contributed by atoms with Crippen LogP contribution in [0.3, 0.4) is 0 Å². The van der Waals surface area contributed by atoms with Gasteiger partial charge in [-0.05, 0) is 31.9 Å². The summed E-state index contributed by atoms with van der Waals surface area (Å²) in [6, 6.07) is 8.16. The Morgan fingerprint density at radius 3 is 3.17 bits per heavy atom. The van der Waals surface area contributed by atoms with E-state index in [2.05, 4.69) is 27.9 Å². The third-order valence-electron chi connectivity index (χ3n) is 3.46. The number of fused-ring (bicyclic) bond motifs is 1. The predicted octanol–water partition coefficient (Wildman–Crippen LogP) is 2.57. The van der Waals surface area contributed by atoms with Gasteiger partial charge in [-0.25, -0.2) is 4.98 Å². The zero-order valence-electron chi connectivity index (χ0n) is 10.7. The number of nitrogens with zero attached hydrogens (tertiary/aromatic N) is 2. The molecular weight excluding hydrogens is 226 g/mol. The Morgan fingerprint density at radius 2 is 2.33 bits per heavy atom. The molecule has 0 radical (unpaired) electrons. The largest absolute Gasteiger partial charge is 0.377 e. The summed E-state index contributed by atoms with van der Waals surface area (Å²) in [5, 5.41) is 0. The van der Waals surface area contributed by atoms with E-state index in [1.54, 1.807) is 0 Å². The molecule has 1 unspecified atom stereocenters. The molecule has 96 valence electrons. The van der Waals surface area contributed by atoms with Crippen LogP contribution >= 0.6 is 0 Å². The van der Waals surface area contributed by atoms with Crippen LogP contribution in [0.2, 0.25) is 0 Å². The minimum absolute atomic E-state index is 0.344. The first-order valence-electron chi connectivity index (χ1n) is 6.68. The lowest BCUT2D eigenvalue weighted by Gasteiger charge is -2.32. The first-order chi connectivity index (χ1) is 8.86. The van der Waals surface area contributed by atoms with E-state index in [1.807, 2.05) is 18.2 Å². The monoisotopic (exact) mass is 245 g/mol. The zero-order valence-corrected chi connectivity index (χ0v) is 10.7. The molecule has 1 N–H and O–H groups in total. The molecule has 3 rings (SSSR count). The SMILES string of the molecule is CCOC1CCCN(c2nc3ccccc3[nH]2)C1. The Labute approximate surface area is 107 Å². The molecule has 1 atom stereocenters. The first-order valence-corrected chi connectivity index (χ1v) is 6.68. The number of aromatic nitrogens is 2. The maximum Gasteiger partial charge on any atom is 0.203 e. The fraction of sp³-hybridized carbons (Fsp3) is 0.500. The van der Waals surface area contributed by atoms with E-state index in [-0.39, 0.29) is 0 Å². The fourth-order valence-corrected chi connectivity index (χ4v) is 2.59.